The number of nitrogens with two attached hydrogens (primary N) is 1. The third kappa shape index (κ3) is 1.87. The average molecular weight is 191 g/mol. The molecule has 1 atom stereocenters. The van der Waals surface area contributed by atoms with E-state index in [1.54, 1.807) is 5.23 Å². The molecule has 0 aliphatic carbocycles. The second kappa shape index (κ2) is 2.75. The van der Waals surface area contributed by atoms with Gasteiger partial charge in [-0.05, 0) is 16.9 Å². The van der Waals surface area contributed by atoms with Crippen molar-refractivity contribution in [2.75, 3.05) is 0 Å². The Morgan fingerprint density at radius 1 is 1.55 bits per heavy atom. The first-order valence-corrected chi connectivity index (χ1v) is 5.46. The van der Waals surface area contributed by atoms with Crippen LogP contribution in [0.1, 0.15) is 0 Å². The van der Waals surface area contributed by atoms with E-state index >= 15 is 0 Å². The van der Waals surface area contributed by atoms with Gasteiger partial charge in [-0.1, -0.05) is 10.5 Å². The predicted molar refractivity (Wildman–Crippen MR) is 43.6 cm³/mol. The van der Waals surface area contributed by atoms with Gasteiger partial charge in [0.15, 0.2) is 5.23 Å². The Hall–Kier alpha value is -0.680. The van der Waals surface area contributed by atoms with Crippen LogP contribution < -0.4 is 5.14 Å². The van der Waals surface area contributed by atoms with Crippen LogP contribution in [0.2, 0.25) is 0 Å². The van der Waals surface area contributed by atoms with Crippen LogP contribution in [0.3, 0.4) is 0 Å². The number of rotatable bonds is 1. The first-order chi connectivity index (χ1) is 5.04. The number of primary sulfonamides is 1. The van der Waals surface area contributed by atoms with Gasteiger partial charge in [0.2, 0.25) is 10.0 Å². The molecule has 1 rings (SSSR count). The van der Waals surface area contributed by atoms with Gasteiger partial charge in [0.1, 0.15) is 0 Å². The number of allylic oxidation sites excluding steroid dienone is 1. The van der Waals surface area contributed by atoms with Gasteiger partial charge in [0.25, 0.3) is 0 Å². The van der Waals surface area contributed by atoms with Crippen LogP contribution in [0.25, 0.3) is 0 Å². The lowest BCUT2D eigenvalue weighted by atomic mass is 10.6. The summed E-state index contributed by atoms with van der Waals surface area (Å²) in [6.45, 7) is 0. The van der Waals surface area contributed by atoms with E-state index in [9.17, 15) is 13.2 Å². The van der Waals surface area contributed by atoms with Crippen molar-refractivity contribution < 1.29 is 13.2 Å². The Balaban J connectivity index is 3.18. The summed E-state index contributed by atoms with van der Waals surface area (Å²) in [6, 6.07) is 0. The van der Waals surface area contributed by atoms with E-state index in [2.05, 4.69) is 0 Å². The largest absolute Gasteiger partial charge is 0.238 e. The first-order valence-electron chi connectivity index (χ1n) is 2.56. The Morgan fingerprint density at radius 3 is 2.45 bits per heavy atom. The zero-order valence-corrected chi connectivity index (χ0v) is 6.98. The molecule has 0 fully saturated rings. The fourth-order valence-corrected chi connectivity index (χ4v) is 2.55. The minimum Gasteiger partial charge on any atom is -0.226 e. The lowest BCUT2D eigenvalue weighted by Crippen LogP contribution is -2.12. The molecule has 6 heteroatoms. The summed E-state index contributed by atoms with van der Waals surface area (Å²) < 4.78 is 21.3. The van der Waals surface area contributed by atoms with E-state index in [1.165, 1.54) is 16.9 Å². The van der Waals surface area contributed by atoms with E-state index in [-0.39, 0.29) is 4.91 Å². The van der Waals surface area contributed by atoms with Gasteiger partial charge >= 0.3 is 0 Å². The second-order valence-corrected chi connectivity index (χ2v) is 4.80. The van der Waals surface area contributed by atoms with Crippen LogP contribution in [0, 0.1) is 0 Å². The zero-order valence-electron chi connectivity index (χ0n) is 5.35. The van der Waals surface area contributed by atoms with Crippen molar-refractivity contribution in [1.82, 2.24) is 0 Å². The SMILES string of the molecule is NS(=O)(=O)C1=CS(=C=O)C=C1. The second-order valence-electron chi connectivity index (χ2n) is 1.82. The Morgan fingerprint density at radius 2 is 2.18 bits per heavy atom. The highest BCUT2D eigenvalue weighted by Gasteiger charge is 2.12. The molecule has 0 aromatic carbocycles. The van der Waals surface area contributed by atoms with Crippen molar-refractivity contribution in [2.24, 2.45) is 5.14 Å². The monoisotopic (exact) mass is 191 g/mol. The van der Waals surface area contributed by atoms with Gasteiger partial charge in [-0.2, -0.15) is 0 Å². The quantitative estimate of drug-likeness (QED) is 0.592. The molecule has 0 aromatic heterocycles. The maximum atomic E-state index is 10.6. The van der Waals surface area contributed by atoms with Crippen LogP contribution >= 0.6 is 10.5 Å². The summed E-state index contributed by atoms with van der Waals surface area (Å²) in [5.41, 5.74) is 0. The van der Waals surface area contributed by atoms with Gasteiger partial charge in [-0.15, -0.1) is 0 Å². The van der Waals surface area contributed by atoms with Crippen LogP contribution in [-0.4, -0.2) is 13.7 Å². The van der Waals surface area contributed by atoms with Crippen molar-refractivity contribution in [2.45, 2.75) is 0 Å². The van der Waals surface area contributed by atoms with E-state index in [1.807, 2.05) is 0 Å². The highest BCUT2D eigenvalue weighted by atomic mass is 32.2. The predicted octanol–water partition coefficient (Wildman–Crippen LogP) is -0.0203. The summed E-state index contributed by atoms with van der Waals surface area (Å²) in [7, 11) is -4.46. The van der Waals surface area contributed by atoms with Crippen molar-refractivity contribution in [3.8, 4) is 0 Å². The van der Waals surface area contributed by atoms with E-state index in [0.717, 1.165) is 0 Å². The Kier molecular flexibility index (Phi) is 2.10. The molecule has 0 spiro atoms. The topological polar surface area (TPSA) is 77.2 Å². The van der Waals surface area contributed by atoms with Gasteiger partial charge in [-0.25, -0.2) is 18.4 Å². The smallest absolute Gasteiger partial charge is 0.226 e. The number of carbonyl (C=O) groups excluding carboxylic acids is 1. The number of hydrogen-bond acceptors (Lipinski definition) is 3. The Bertz CT molecular complexity index is 384. The van der Waals surface area contributed by atoms with Crippen molar-refractivity contribution >= 4 is 25.7 Å². The first kappa shape index (κ1) is 8.42. The average Bonchev–Trinajstić information content (AvgIpc) is 2.32. The molecule has 0 amide bonds. The maximum absolute atomic E-state index is 10.6. The van der Waals surface area contributed by atoms with Crippen molar-refractivity contribution in [3.63, 3.8) is 0 Å². The fourth-order valence-electron chi connectivity index (χ4n) is 0.558. The molecule has 0 aromatic rings. The van der Waals surface area contributed by atoms with E-state index < -0.39 is 20.5 Å². The van der Waals surface area contributed by atoms with E-state index in [0.29, 0.717) is 0 Å². The van der Waals surface area contributed by atoms with Crippen molar-refractivity contribution in [3.05, 3.63) is 21.8 Å². The zero-order chi connectivity index (χ0) is 8.48. The molecule has 0 saturated carbocycles. The molecule has 1 aliphatic heterocycles. The van der Waals surface area contributed by atoms with Gasteiger partial charge < -0.3 is 0 Å². The lowest BCUT2D eigenvalue weighted by molar-refractivity contribution is 0.572. The number of sulfonamides is 1. The normalized spacial score (nSPS) is 23.0. The van der Waals surface area contributed by atoms with Gasteiger partial charge in [0, 0.05) is 0 Å². The summed E-state index contributed by atoms with van der Waals surface area (Å²) in [4.78, 5) is 10.0. The molecule has 11 heavy (non-hydrogen) atoms. The summed E-state index contributed by atoms with van der Waals surface area (Å²) in [5, 5.41) is 9.18. The Labute approximate surface area is 66.4 Å². The molecule has 0 saturated heterocycles. The van der Waals surface area contributed by atoms with Crippen LogP contribution in [0.15, 0.2) is 21.8 Å². The molecular weight excluding hydrogens is 186 g/mol. The van der Waals surface area contributed by atoms with Gasteiger partial charge in [0.05, 0.1) is 4.91 Å². The molecule has 1 unspecified atom stereocenters. The summed E-state index contributed by atoms with van der Waals surface area (Å²) in [6.07, 6.45) is 1.31. The fraction of sp³-hybridized carbons (Fsp3) is 0. The standard InChI is InChI=1S/C5H5NO3S2/c6-11(8,9)5-1-2-10(3-5)4-7/h1-3H,(H2,6,8,9). The molecule has 1 aliphatic rings. The summed E-state index contributed by atoms with van der Waals surface area (Å²) >= 11 is 0. The van der Waals surface area contributed by atoms with Gasteiger partial charge in [-0.3, -0.25) is 0 Å². The minimum atomic E-state index is -3.64. The third-order valence-corrected chi connectivity index (χ3v) is 3.24. The molecule has 0 radical (unpaired) electrons. The molecular formula is C5H5NO3S2. The van der Waals surface area contributed by atoms with E-state index in [4.69, 9.17) is 5.14 Å². The molecule has 60 valence electrons. The minimum absolute atomic E-state index is 0.0100. The van der Waals surface area contributed by atoms with Crippen LogP contribution in [0.5, 0.6) is 0 Å². The lowest BCUT2D eigenvalue weighted by Gasteiger charge is -1.90. The molecule has 4 nitrogen and oxygen atoms in total. The highest BCUT2D eigenvalue weighted by Crippen LogP contribution is 2.26. The van der Waals surface area contributed by atoms with Crippen LogP contribution in [0.4, 0.5) is 0 Å². The molecule has 1 heterocycles. The highest BCUT2D eigenvalue weighted by molar-refractivity contribution is 8.20. The molecule has 2 N–H and O–H groups in total. The third-order valence-electron chi connectivity index (χ3n) is 1.05. The number of hydrogen-bond donors (Lipinski definition) is 1. The van der Waals surface area contributed by atoms with Crippen LogP contribution in [-0.2, 0) is 14.8 Å². The van der Waals surface area contributed by atoms with Crippen molar-refractivity contribution in [1.29, 1.82) is 0 Å². The summed E-state index contributed by atoms with van der Waals surface area (Å²) in [5.74, 6) is 0. The molecule has 0 bridgehead atoms. The maximum Gasteiger partial charge on any atom is 0.238 e.